The smallest absolute Gasteiger partial charge is 0.376 e. The van der Waals surface area contributed by atoms with Gasteiger partial charge in [-0.15, -0.1) is 0 Å². The molecular formula is C12H11F3O3S. The molecule has 1 aliphatic carbocycles. The van der Waals surface area contributed by atoms with Crippen LogP contribution < -0.4 is 4.18 Å². The normalized spacial score (nSPS) is 15.7. The van der Waals surface area contributed by atoms with E-state index in [2.05, 4.69) is 4.18 Å². The van der Waals surface area contributed by atoms with Crippen LogP contribution >= 0.6 is 0 Å². The molecule has 7 heteroatoms. The van der Waals surface area contributed by atoms with E-state index in [0.29, 0.717) is 6.42 Å². The molecule has 0 amide bonds. The Labute approximate surface area is 108 Å². The van der Waals surface area contributed by atoms with E-state index < -0.39 is 15.6 Å². The molecular weight excluding hydrogens is 281 g/mol. The van der Waals surface area contributed by atoms with Crippen LogP contribution in [0.5, 0.6) is 5.75 Å². The highest BCUT2D eigenvalue weighted by Gasteiger charge is 2.48. The third-order valence-electron chi connectivity index (χ3n) is 2.72. The fraction of sp³-hybridized carbons (Fsp3) is 0.333. The molecule has 0 saturated heterocycles. The largest absolute Gasteiger partial charge is 0.534 e. The second-order valence-electron chi connectivity index (χ2n) is 4.14. The summed E-state index contributed by atoms with van der Waals surface area (Å²) in [5.41, 5.74) is -3.77. The van der Waals surface area contributed by atoms with Gasteiger partial charge >= 0.3 is 15.6 Å². The van der Waals surface area contributed by atoms with Gasteiger partial charge < -0.3 is 4.18 Å². The first-order chi connectivity index (χ1) is 8.79. The minimum absolute atomic E-state index is 0.314. The molecule has 0 bridgehead atoms. The van der Waals surface area contributed by atoms with E-state index in [-0.39, 0.29) is 5.75 Å². The second kappa shape index (κ2) is 4.88. The fourth-order valence-corrected chi connectivity index (χ4v) is 2.26. The van der Waals surface area contributed by atoms with Crippen molar-refractivity contribution in [3.63, 3.8) is 0 Å². The number of hydrogen-bond donors (Lipinski definition) is 0. The van der Waals surface area contributed by atoms with Gasteiger partial charge in [-0.25, -0.2) is 0 Å². The number of alkyl halides is 3. The van der Waals surface area contributed by atoms with E-state index >= 15 is 0 Å². The minimum atomic E-state index is -5.60. The molecule has 104 valence electrons. The number of halogens is 3. The van der Waals surface area contributed by atoms with Crippen LogP contribution in [0.25, 0.3) is 6.08 Å². The molecule has 0 atom stereocenters. The molecule has 1 aromatic rings. The van der Waals surface area contributed by atoms with Crippen molar-refractivity contribution in [3.05, 3.63) is 35.4 Å². The quantitative estimate of drug-likeness (QED) is 0.620. The molecule has 0 aliphatic heterocycles. The maximum atomic E-state index is 12.2. The van der Waals surface area contributed by atoms with E-state index in [1.807, 2.05) is 12.2 Å². The van der Waals surface area contributed by atoms with Crippen LogP contribution in [0.2, 0.25) is 0 Å². The summed E-state index contributed by atoms with van der Waals surface area (Å²) in [6, 6.07) is 4.12. The highest BCUT2D eigenvalue weighted by atomic mass is 32.2. The van der Waals surface area contributed by atoms with Gasteiger partial charge in [0.15, 0.2) is 0 Å². The maximum Gasteiger partial charge on any atom is 0.534 e. The second-order valence-corrected chi connectivity index (χ2v) is 5.68. The molecule has 1 aromatic carbocycles. The Morgan fingerprint density at radius 1 is 1.21 bits per heavy atom. The van der Waals surface area contributed by atoms with Crippen molar-refractivity contribution in [2.45, 2.75) is 24.8 Å². The summed E-state index contributed by atoms with van der Waals surface area (Å²) in [4.78, 5) is 0. The van der Waals surface area contributed by atoms with E-state index in [4.69, 9.17) is 0 Å². The zero-order valence-electron chi connectivity index (χ0n) is 9.77. The highest BCUT2D eigenvalue weighted by molar-refractivity contribution is 7.87. The average molecular weight is 292 g/mol. The lowest BCUT2D eigenvalue weighted by Gasteiger charge is -2.11. The molecule has 2 rings (SSSR count). The van der Waals surface area contributed by atoms with Crippen LogP contribution in [0.3, 0.4) is 0 Å². The van der Waals surface area contributed by atoms with Crippen LogP contribution in [0.4, 0.5) is 13.2 Å². The predicted molar refractivity (Wildman–Crippen MR) is 64.0 cm³/mol. The van der Waals surface area contributed by atoms with E-state index in [9.17, 15) is 21.6 Å². The first-order valence-electron chi connectivity index (χ1n) is 5.60. The summed E-state index contributed by atoms with van der Waals surface area (Å²) in [6.07, 6.45) is 6.25. The Kier molecular flexibility index (Phi) is 3.58. The molecule has 0 spiro atoms. The van der Waals surface area contributed by atoms with Crippen LogP contribution in [-0.4, -0.2) is 13.9 Å². The molecule has 0 saturated carbocycles. The Hall–Kier alpha value is -1.50. The third kappa shape index (κ3) is 3.09. The first-order valence-corrected chi connectivity index (χ1v) is 7.01. The number of hydrogen-bond acceptors (Lipinski definition) is 3. The van der Waals surface area contributed by atoms with Gasteiger partial charge in [-0.05, 0) is 42.5 Å². The number of aryl methyl sites for hydroxylation is 1. The summed E-state index contributed by atoms with van der Waals surface area (Å²) in [5.74, 6) is -0.314. The summed E-state index contributed by atoms with van der Waals surface area (Å²) < 4.78 is 62.5. The number of fused-ring (bicyclic) bond motifs is 1. The third-order valence-corrected chi connectivity index (χ3v) is 3.70. The van der Waals surface area contributed by atoms with Crippen molar-refractivity contribution in [2.75, 3.05) is 0 Å². The van der Waals surface area contributed by atoms with E-state index in [1.54, 1.807) is 6.07 Å². The molecule has 0 N–H and O–H groups in total. The molecule has 0 fully saturated rings. The van der Waals surface area contributed by atoms with Gasteiger partial charge in [0.2, 0.25) is 0 Å². The number of benzene rings is 1. The zero-order chi connectivity index (χ0) is 14.1. The highest BCUT2D eigenvalue weighted by Crippen LogP contribution is 2.29. The molecule has 0 unspecified atom stereocenters. The SMILES string of the molecule is O=S(=O)(Oc1ccc2c(c1)CCCC=C2)C(F)(F)F. The molecule has 19 heavy (non-hydrogen) atoms. The minimum Gasteiger partial charge on any atom is -0.376 e. The molecule has 0 aromatic heterocycles. The van der Waals surface area contributed by atoms with Crippen LogP contribution in [0.15, 0.2) is 24.3 Å². The Bertz CT molecular complexity index is 603. The summed E-state index contributed by atoms with van der Waals surface area (Å²) >= 11 is 0. The van der Waals surface area contributed by atoms with Crippen LogP contribution in [-0.2, 0) is 16.5 Å². The van der Waals surface area contributed by atoms with Gasteiger partial charge in [-0.3, -0.25) is 0 Å². The zero-order valence-corrected chi connectivity index (χ0v) is 10.6. The lowest BCUT2D eigenvalue weighted by atomic mass is 10.0. The topological polar surface area (TPSA) is 43.4 Å². The van der Waals surface area contributed by atoms with Crippen LogP contribution in [0.1, 0.15) is 24.0 Å². The fourth-order valence-electron chi connectivity index (χ4n) is 1.81. The van der Waals surface area contributed by atoms with Gasteiger partial charge in [0.1, 0.15) is 5.75 Å². The molecule has 3 nitrogen and oxygen atoms in total. The number of allylic oxidation sites excluding steroid dienone is 1. The van der Waals surface area contributed by atoms with E-state index in [0.717, 1.165) is 24.0 Å². The summed E-state index contributed by atoms with van der Waals surface area (Å²) in [5, 5.41) is 0. The van der Waals surface area contributed by atoms with E-state index in [1.165, 1.54) is 12.1 Å². The lowest BCUT2D eigenvalue weighted by Crippen LogP contribution is -2.28. The average Bonchev–Trinajstić information content (AvgIpc) is 2.51. The van der Waals surface area contributed by atoms with Gasteiger partial charge in [-0.2, -0.15) is 21.6 Å². The number of rotatable bonds is 2. The van der Waals surface area contributed by atoms with Gasteiger partial charge in [0, 0.05) is 0 Å². The van der Waals surface area contributed by atoms with Crippen molar-refractivity contribution >= 4 is 16.2 Å². The molecule has 0 heterocycles. The van der Waals surface area contributed by atoms with Crippen molar-refractivity contribution in [3.8, 4) is 5.75 Å². The predicted octanol–water partition coefficient (Wildman–Crippen LogP) is 3.26. The van der Waals surface area contributed by atoms with Crippen LogP contribution in [0, 0.1) is 0 Å². The van der Waals surface area contributed by atoms with Gasteiger partial charge in [0.05, 0.1) is 0 Å². The monoisotopic (exact) mass is 292 g/mol. The maximum absolute atomic E-state index is 12.2. The Balaban J connectivity index is 2.29. The molecule has 0 radical (unpaired) electrons. The van der Waals surface area contributed by atoms with Gasteiger partial charge in [0.25, 0.3) is 0 Å². The molecule has 1 aliphatic rings. The van der Waals surface area contributed by atoms with Crippen molar-refractivity contribution < 1.29 is 25.8 Å². The van der Waals surface area contributed by atoms with Crippen molar-refractivity contribution in [2.24, 2.45) is 0 Å². The standard InChI is InChI=1S/C12H11F3O3S/c13-12(14,15)19(16,17)18-11-7-6-9-4-2-1-3-5-10(9)8-11/h2,4,6-8H,1,3,5H2. The van der Waals surface area contributed by atoms with Crippen molar-refractivity contribution in [1.29, 1.82) is 0 Å². The summed E-state index contributed by atoms with van der Waals surface area (Å²) in [7, 11) is -5.60. The lowest BCUT2D eigenvalue weighted by molar-refractivity contribution is -0.0500. The first kappa shape index (κ1) is 13.9. The summed E-state index contributed by atoms with van der Waals surface area (Å²) in [6.45, 7) is 0. The Morgan fingerprint density at radius 2 is 1.95 bits per heavy atom. The Morgan fingerprint density at radius 3 is 2.63 bits per heavy atom. The van der Waals surface area contributed by atoms with Gasteiger partial charge in [-0.1, -0.05) is 18.2 Å². The van der Waals surface area contributed by atoms with Crippen molar-refractivity contribution in [1.82, 2.24) is 0 Å².